The number of carbonyl (C=O) groups excluding carboxylic acids is 2. The van der Waals surface area contributed by atoms with E-state index in [1.165, 1.54) is 0 Å². The highest BCUT2D eigenvalue weighted by Gasteiger charge is 2.45. The SMILES string of the molecule is CCOC(=O)OCC1(COC(=O)c2ccccc2)c2ccccc2-c2ccccc21. The largest absolute Gasteiger partial charge is 0.508 e. The number of benzene rings is 3. The zero-order valence-electron chi connectivity index (χ0n) is 16.7. The Kier molecular flexibility index (Phi) is 5.53. The Morgan fingerprint density at radius 3 is 1.83 bits per heavy atom. The van der Waals surface area contributed by atoms with E-state index in [9.17, 15) is 9.59 Å². The Bertz CT molecular complexity index is 1010. The van der Waals surface area contributed by atoms with Crippen LogP contribution < -0.4 is 0 Å². The third kappa shape index (κ3) is 3.54. The Labute approximate surface area is 175 Å². The van der Waals surface area contributed by atoms with Gasteiger partial charge in [-0.2, -0.15) is 0 Å². The van der Waals surface area contributed by atoms with Crippen molar-refractivity contribution in [2.75, 3.05) is 19.8 Å². The van der Waals surface area contributed by atoms with Gasteiger partial charge in [-0.1, -0.05) is 66.7 Å². The highest BCUT2D eigenvalue weighted by atomic mass is 16.7. The molecule has 0 spiro atoms. The van der Waals surface area contributed by atoms with E-state index < -0.39 is 17.5 Å². The number of esters is 1. The molecule has 0 saturated carbocycles. The number of hydrogen-bond donors (Lipinski definition) is 0. The third-order valence-electron chi connectivity index (χ3n) is 5.33. The molecule has 0 bridgehead atoms. The fourth-order valence-corrected chi connectivity index (χ4v) is 3.96. The molecule has 30 heavy (non-hydrogen) atoms. The average Bonchev–Trinajstić information content (AvgIpc) is 3.07. The molecule has 0 unspecified atom stereocenters. The average molecular weight is 402 g/mol. The summed E-state index contributed by atoms with van der Waals surface area (Å²) in [7, 11) is 0. The maximum atomic E-state index is 12.7. The van der Waals surface area contributed by atoms with Crippen LogP contribution in [0.5, 0.6) is 0 Å². The summed E-state index contributed by atoms with van der Waals surface area (Å²) in [4.78, 5) is 24.6. The van der Waals surface area contributed by atoms with Crippen LogP contribution in [0.2, 0.25) is 0 Å². The summed E-state index contributed by atoms with van der Waals surface area (Å²) in [6.45, 7) is 1.98. The van der Waals surface area contributed by atoms with Crippen molar-refractivity contribution in [1.29, 1.82) is 0 Å². The summed E-state index contributed by atoms with van der Waals surface area (Å²) in [5.74, 6) is -0.423. The normalized spacial score (nSPS) is 13.1. The van der Waals surface area contributed by atoms with Gasteiger partial charge in [-0.05, 0) is 41.3 Å². The molecule has 0 amide bonds. The lowest BCUT2D eigenvalue weighted by Gasteiger charge is -2.30. The van der Waals surface area contributed by atoms with E-state index >= 15 is 0 Å². The summed E-state index contributed by atoms with van der Waals surface area (Å²) < 4.78 is 16.2. The number of rotatable bonds is 6. The monoisotopic (exact) mass is 402 g/mol. The molecule has 3 aromatic rings. The molecule has 5 heteroatoms. The van der Waals surface area contributed by atoms with Gasteiger partial charge in [-0.3, -0.25) is 0 Å². The van der Waals surface area contributed by atoms with E-state index in [-0.39, 0.29) is 19.8 Å². The third-order valence-corrected chi connectivity index (χ3v) is 5.33. The first-order valence-electron chi connectivity index (χ1n) is 9.87. The van der Waals surface area contributed by atoms with Crippen LogP contribution >= 0.6 is 0 Å². The van der Waals surface area contributed by atoms with E-state index in [1.54, 1.807) is 31.2 Å². The standard InChI is InChI=1S/C25H22O5/c1-2-28-24(27)30-17-25(16-29-23(26)18-10-4-3-5-11-18)21-14-8-6-12-19(21)20-13-7-9-15-22(20)25/h3-15H,2,16-17H2,1H3. The van der Waals surface area contributed by atoms with Crippen molar-refractivity contribution < 1.29 is 23.8 Å². The molecule has 0 aliphatic heterocycles. The van der Waals surface area contributed by atoms with E-state index in [2.05, 4.69) is 0 Å². The molecule has 1 aliphatic carbocycles. The second-order valence-electron chi connectivity index (χ2n) is 7.09. The molecule has 0 atom stereocenters. The fourth-order valence-electron chi connectivity index (χ4n) is 3.96. The predicted octanol–water partition coefficient (Wildman–Crippen LogP) is 4.98. The van der Waals surface area contributed by atoms with Gasteiger partial charge in [0.1, 0.15) is 13.2 Å². The van der Waals surface area contributed by atoms with E-state index in [4.69, 9.17) is 14.2 Å². The first-order valence-corrected chi connectivity index (χ1v) is 9.87. The zero-order chi connectivity index (χ0) is 21.0. The predicted molar refractivity (Wildman–Crippen MR) is 112 cm³/mol. The number of fused-ring (bicyclic) bond motifs is 3. The van der Waals surface area contributed by atoms with Gasteiger partial charge in [0.2, 0.25) is 0 Å². The quantitative estimate of drug-likeness (QED) is 0.544. The molecule has 4 rings (SSSR count). The van der Waals surface area contributed by atoms with Crippen LogP contribution in [0.15, 0.2) is 78.9 Å². The summed E-state index contributed by atoms with van der Waals surface area (Å²) in [5, 5.41) is 0. The highest BCUT2D eigenvalue weighted by Crippen LogP contribution is 2.49. The van der Waals surface area contributed by atoms with Crippen LogP contribution in [0.25, 0.3) is 11.1 Å². The molecule has 0 aromatic heterocycles. The van der Waals surface area contributed by atoms with Gasteiger partial charge in [0.15, 0.2) is 0 Å². The van der Waals surface area contributed by atoms with Crippen LogP contribution in [0.3, 0.4) is 0 Å². The molecule has 5 nitrogen and oxygen atoms in total. The summed E-state index contributed by atoms with van der Waals surface area (Å²) in [6, 6.07) is 24.7. The van der Waals surface area contributed by atoms with E-state index in [0.717, 1.165) is 22.3 Å². The maximum Gasteiger partial charge on any atom is 0.508 e. The fraction of sp³-hybridized carbons (Fsp3) is 0.200. The van der Waals surface area contributed by atoms with Crippen molar-refractivity contribution in [3.05, 3.63) is 95.6 Å². The molecular formula is C25H22O5. The summed E-state index contributed by atoms with van der Waals surface area (Å²) in [5.41, 5.74) is 3.64. The molecule has 0 saturated heterocycles. The van der Waals surface area contributed by atoms with Crippen LogP contribution in [-0.4, -0.2) is 31.9 Å². The number of carbonyl (C=O) groups is 2. The van der Waals surface area contributed by atoms with Crippen LogP contribution in [0, 0.1) is 0 Å². The maximum absolute atomic E-state index is 12.7. The first-order chi connectivity index (χ1) is 14.7. The van der Waals surface area contributed by atoms with Crippen molar-refractivity contribution in [2.45, 2.75) is 12.3 Å². The number of ether oxygens (including phenoxy) is 3. The minimum atomic E-state index is -0.815. The lowest BCUT2D eigenvalue weighted by molar-refractivity contribution is 0.0219. The van der Waals surface area contributed by atoms with Gasteiger partial charge in [0.05, 0.1) is 17.6 Å². The Morgan fingerprint density at radius 1 is 0.700 bits per heavy atom. The van der Waals surface area contributed by atoms with Crippen molar-refractivity contribution in [2.24, 2.45) is 0 Å². The van der Waals surface area contributed by atoms with Crippen molar-refractivity contribution >= 4 is 12.1 Å². The molecule has 1 aliphatic rings. The Hall–Kier alpha value is -3.60. The smallest absolute Gasteiger partial charge is 0.461 e. The molecule has 0 radical (unpaired) electrons. The Morgan fingerprint density at radius 2 is 1.23 bits per heavy atom. The minimum Gasteiger partial charge on any atom is -0.461 e. The van der Waals surface area contributed by atoms with Crippen LogP contribution in [0.1, 0.15) is 28.4 Å². The van der Waals surface area contributed by atoms with Gasteiger partial charge in [-0.25, -0.2) is 9.59 Å². The lowest BCUT2D eigenvalue weighted by atomic mass is 9.79. The molecule has 0 heterocycles. The summed E-state index contributed by atoms with van der Waals surface area (Å²) >= 11 is 0. The topological polar surface area (TPSA) is 61.8 Å². The first kappa shape index (κ1) is 19.7. The highest BCUT2D eigenvalue weighted by molar-refractivity contribution is 5.89. The van der Waals surface area contributed by atoms with Crippen LogP contribution in [-0.2, 0) is 19.6 Å². The Balaban J connectivity index is 1.71. The van der Waals surface area contributed by atoms with Crippen molar-refractivity contribution in [3.8, 4) is 11.1 Å². The minimum absolute atomic E-state index is 0.00191. The molecule has 3 aromatic carbocycles. The van der Waals surface area contributed by atoms with Gasteiger partial charge in [0.25, 0.3) is 0 Å². The van der Waals surface area contributed by atoms with Gasteiger partial charge < -0.3 is 14.2 Å². The van der Waals surface area contributed by atoms with Gasteiger partial charge >= 0.3 is 12.1 Å². The molecule has 0 N–H and O–H groups in total. The van der Waals surface area contributed by atoms with Crippen molar-refractivity contribution in [1.82, 2.24) is 0 Å². The number of hydrogen-bond acceptors (Lipinski definition) is 5. The van der Waals surface area contributed by atoms with Gasteiger partial charge in [0, 0.05) is 0 Å². The molecular weight excluding hydrogens is 380 g/mol. The second kappa shape index (κ2) is 8.41. The van der Waals surface area contributed by atoms with E-state index in [1.807, 2.05) is 54.6 Å². The van der Waals surface area contributed by atoms with Gasteiger partial charge in [-0.15, -0.1) is 0 Å². The lowest BCUT2D eigenvalue weighted by Crippen LogP contribution is -2.38. The summed E-state index contributed by atoms with van der Waals surface area (Å²) in [6.07, 6.45) is -0.742. The molecule has 152 valence electrons. The van der Waals surface area contributed by atoms with Crippen molar-refractivity contribution in [3.63, 3.8) is 0 Å². The second-order valence-corrected chi connectivity index (χ2v) is 7.09. The zero-order valence-corrected chi connectivity index (χ0v) is 16.7. The van der Waals surface area contributed by atoms with Crippen LogP contribution in [0.4, 0.5) is 4.79 Å². The van der Waals surface area contributed by atoms with E-state index in [0.29, 0.717) is 5.56 Å². The molecule has 0 fully saturated rings.